The van der Waals surface area contributed by atoms with Crippen LogP contribution in [0.3, 0.4) is 0 Å². The third-order valence-corrected chi connectivity index (χ3v) is 6.82. The van der Waals surface area contributed by atoms with Gasteiger partial charge in [0.15, 0.2) is 0 Å². The summed E-state index contributed by atoms with van der Waals surface area (Å²) in [6.07, 6.45) is 14.2. The van der Waals surface area contributed by atoms with E-state index in [1.165, 1.54) is 57.8 Å². The molecule has 0 aromatic rings. The number of nitrogens with two attached hydrogens (primary N) is 1. The average Bonchev–Trinajstić information content (AvgIpc) is 2.49. The van der Waals surface area contributed by atoms with Crippen LogP contribution in [0.4, 0.5) is 0 Å². The van der Waals surface area contributed by atoms with E-state index in [1.807, 2.05) is 0 Å². The van der Waals surface area contributed by atoms with Gasteiger partial charge in [-0.05, 0) is 74.5 Å². The highest BCUT2D eigenvalue weighted by molar-refractivity contribution is 5.76. The Labute approximate surface area is 142 Å². The van der Waals surface area contributed by atoms with Crippen molar-refractivity contribution in [1.29, 1.82) is 0 Å². The van der Waals surface area contributed by atoms with E-state index in [2.05, 4.69) is 11.8 Å². The molecule has 4 aliphatic rings. The van der Waals surface area contributed by atoms with Gasteiger partial charge in [-0.3, -0.25) is 4.79 Å². The van der Waals surface area contributed by atoms with Crippen molar-refractivity contribution in [3.05, 3.63) is 0 Å². The molecule has 0 unspecified atom stereocenters. The molecule has 2 N–H and O–H groups in total. The maximum absolute atomic E-state index is 12.4. The molecule has 0 spiro atoms. The Bertz CT molecular complexity index is 371. The van der Waals surface area contributed by atoms with Crippen LogP contribution in [0.15, 0.2) is 0 Å². The lowest BCUT2D eigenvalue weighted by Crippen LogP contribution is -2.47. The first-order chi connectivity index (χ1) is 11.1. The summed E-state index contributed by atoms with van der Waals surface area (Å²) >= 11 is 0. The van der Waals surface area contributed by atoms with Gasteiger partial charge in [-0.1, -0.05) is 19.8 Å². The highest BCUT2D eigenvalue weighted by Gasteiger charge is 2.50. The summed E-state index contributed by atoms with van der Waals surface area (Å²) in [4.78, 5) is 14.5. The van der Waals surface area contributed by atoms with Crippen molar-refractivity contribution in [2.45, 2.75) is 77.6 Å². The summed E-state index contributed by atoms with van der Waals surface area (Å²) < 4.78 is 0. The molecule has 132 valence electrons. The lowest BCUT2D eigenvalue weighted by molar-refractivity contribution is -0.132. The van der Waals surface area contributed by atoms with Crippen molar-refractivity contribution in [2.75, 3.05) is 19.6 Å². The van der Waals surface area contributed by atoms with E-state index in [4.69, 9.17) is 5.73 Å². The Kier molecular flexibility index (Phi) is 5.66. The Morgan fingerprint density at radius 3 is 2.17 bits per heavy atom. The first kappa shape index (κ1) is 17.3. The monoisotopic (exact) mass is 320 g/mol. The summed E-state index contributed by atoms with van der Waals surface area (Å²) in [5.41, 5.74) is 6.20. The predicted octanol–water partition coefficient (Wildman–Crippen LogP) is 3.96. The van der Waals surface area contributed by atoms with E-state index >= 15 is 0 Å². The van der Waals surface area contributed by atoms with Crippen LogP contribution in [0, 0.1) is 23.2 Å². The van der Waals surface area contributed by atoms with E-state index in [0.717, 1.165) is 37.3 Å². The number of hydrogen-bond acceptors (Lipinski definition) is 2. The molecular weight excluding hydrogens is 284 g/mol. The fourth-order valence-corrected chi connectivity index (χ4v) is 6.16. The number of amides is 1. The lowest BCUT2D eigenvalue weighted by atomic mass is 9.49. The van der Waals surface area contributed by atoms with Crippen LogP contribution in [0.1, 0.15) is 77.6 Å². The minimum Gasteiger partial charge on any atom is -0.343 e. The van der Waals surface area contributed by atoms with Crippen molar-refractivity contribution < 1.29 is 4.79 Å². The zero-order valence-corrected chi connectivity index (χ0v) is 15.1. The third-order valence-electron chi connectivity index (χ3n) is 6.82. The number of rotatable bonds is 9. The molecule has 0 heterocycles. The van der Waals surface area contributed by atoms with Crippen molar-refractivity contribution in [3.63, 3.8) is 0 Å². The van der Waals surface area contributed by atoms with Gasteiger partial charge in [-0.2, -0.15) is 0 Å². The van der Waals surface area contributed by atoms with E-state index in [1.54, 1.807) is 0 Å². The summed E-state index contributed by atoms with van der Waals surface area (Å²) in [6.45, 7) is 4.63. The highest BCUT2D eigenvalue weighted by Crippen LogP contribution is 2.61. The third kappa shape index (κ3) is 4.10. The minimum atomic E-state index is 0.285. The van der Waals surface area contributed by atoms with Crippen molar-refractivity contribution >= 4 is 5.91 Å². The van der Waals surface area contributed by atoms with Gasteiger partial charge in [0.25, 0.3) is 0 Å². The molecule has 0 atom stereocenters. The largest absolute Gasteiger partial charge is 0.343 e. The van der Waals surface area contributed by atoms with Gasteiger partial charge in [0, 0.05) is 26.1 Å². The second-order valence-corrected chi connectivity index (χ2v) is 8.79. The van der Waals surface area contributed by atoms with Crippen LogP contribution in [-0.4, -0.2) is 30.4 Å². The maximum atomic E-state index is 12.4. The Hall–Kier alpha value is -0.570. The molecule has 3 heteroatoms. The number of unbranched alkanes of at least 4 members (excludes halogenated alkanes) is 2. The Morgan fingerprint density at radius 1 is 1.04 bits per heavy atom. The van der Waals surface area contributed by atoms with Gasteiger partial charge >= 0.3 is 0 Å². The van der Waals surface area contributed by atoms with E-state index in [9.17, 15) is 4.79 Å². The quantitative estimate of drug-likeness (QED) is 0.654. The van der Waals surface area contributed by atoms with E-state index in [0.29, 0.717) is 18.4 Å². The van der Waals surface area contributed by atoms with Crippen LogP contribution >= 0.6 is 0 Å². The first-order valence-corrected chi connectivity index (χ1v) is 10.1. The zero-order chi connectivity index (χ0) is 16.3. The van der Waals surface area contributed by atoms with Crippen molar-refractivity contribution in [2.24, 2.45) is 28.9 Å². The molecule has 4 rings (SSSR count). The lowest BCUT2D eigenvalue weighted by Gasteiger charge is -2.57. The van der Waals surface area contributed by atoms with Gasteiger partial charge in [-0.25, -0.2) is 0 Å². The molecule has 0 aromatic heterocycles. The second kappa shape index (κ2) is 7.55. The highest BCUT2D eigenvalue weighted by atomic mass is 16.2. The first-order valence-electron chi connectivity index (χ1n) is 10.1. The summed E-state index contributed by atoms with van der Waals surface area (Å²) in [5, 5.41) is 0. The minimum absolute atomic E-state index is 0.285. The fourth-order valence-electron chi connectivity index (χ4n) is 6.16. The molecule has 0 aromatic carbocycles. The van der Waals surface area contributed by atoms with Crippen LogP contribution in [0.5, 0.6) is 0 Å². The number of carbonyl (C=O) groups excluding carboxylic acids is 1. The molecule has 4 aliphatic carbocycles. The maximum Gasteiger partial charge on any atom is 0.223 e. The van der Waals surface area contributed by atoms with Gasteiger partial charge < -0.3 is 10.6 Å². The number of nitrogens with zero attached hydrogens (tertiary/aromatic N) is 1. The Morgan fingerprint density at radius 2 is 1.65 bits per heavy atom. The van der Waals surface area contributed by atoms with Crippen molar-refractivity contribution in [1.82, 2.24) is 4.90 Å². The molecular formula is C20H36N2O. The number of hydrogen-bond donors (Lipinski definition) is 1. The van der Waals surface area contributed by atoms with Crippen LogP contribution < -0.4 is 5.73 Å². The molecule has 0 radical (unpaired) electrons. The smallest absolute Gasteiger partial charge is 0.223 e. The second-order valence-electron chi connectivity index (χ2n) is 8.79. The van der Waals surface area contributed by atoms with Crippen LogP contribution in [0.2, 0.25) is 0 Å². The topological polar surface area (TPSA) is 46.3 Å². The zero-order valence-electron chi connectivity index (χ0n) is 15.1. The van der Waals surface area contributed by atoms with Crippen LogP contribution in [-0.2, 0) is 4.79 Å². The van der Waals surface area contributed by atoms with Gasteiger partial charge in [-0.15, -0.1) is 0 Å². The van der Waals surface area contributed by atoms with E-state index in [-0.39, 0.29) is 5.91 Å². The molecule has 4 bridgehead atoms. The van der Waals surface area contributed by atoms with Crippen LogP contribution in [0.25, 0.3) is 0 Å². The molecule has 1 amide bonds. The van der Waals surface area contributed by atoms with Crippen molar-refractivity contribution in [3.8, 4) is 0 Å². The molecule has 0 saturated heterocycles. The van der Waals surface area contributed by atoms with Gasteiger partial charge in [0.2, 0.25) is 5.91 Å². The Balaban J connectivity index is 1.56. The standard InChI is InChI=1S/C20H36N2O/c1-2-3-4-8-22(19(23)5-7-21)9-6-20-13-16-10-17(14-20)12-18(11-16)15-20/h16-18H,2-15,21H2,1H3. The summed E-state index contributed by atoms with van der Waals surface area (Å²) in [6, 6.07) is 0. The molecule has 3 nitrogen and oxygen atoms in total. The fraction of sp³-hybridized carbons (Fsp3) is 0.950. The molecule has 4 fully saturated rings. The van der Waals surface area contributed by atoms with Gasteiger partial charge in [0.05, 0.1) is 0 Å². The average molecular weight is 321 g/mol. The number of carbonyl (C=O) groups is 1. The normalized spacial score (nSPS) is 34.8. The predicted molar refractivity (Wildman–Crippen MR) is 95.0 cm³/mol. The van der Waals surface area contributed by atoms with Gasteiger partial charge in [0.1, 0.15) is 0 Å². The molecule has 4 saturated carbocycles. The summed E-state index contributed by atoms with van der Waals surface area (Å²) in [7, 11) is 0. The summed E-state index contributed by atoms with van der Waals surface area (Å²) in [5.74, 6) is 3.31. The molecule has 23 heavy (non-hydrogen) atoms. The van der Waals surface area contributed by atoms with E-state index < -0.39 is 0 Å². The molecule has 0 aliphatic heterocycles. The SMILES string of the molecule is CCCCCN(CCC12CC3CC(CC(C3)C1)C2)C(=O)CCN.